The van der Waals surface area contributed by atoms with E-state index in [2.05, 4.69) is 5.32 Å². The lowest BCUT2D eigenvalue weighted by atomic mass is 10.2. The number of nitrogens with one attached hydrogen (secondary N) is 1. The first-order chi connectivity index (χ1) is 8.60. The quantitative estimate of drug-likeness (QED) is 0.886. The number of hydrogen-bond donors (Lipinski definition) is 1. The first-order valence-corrected chi connectivity index (χ1v) is 5.47. The number of benzene rings is 2. The molecular formula is C14H13F2NO. The van der Waals surface area contributed by atoms with Gasteiger partial charge in [-0.1, -0.05) is 12.1 Å². The molecule has 2 aromatic rings. The van der Waals surface area contributed by atoms with Crippen molar-refractivity contribution >= 4 is 11.4 Å². The van der Waals surface area contributed by atoms with Crippen LogP contribution in [-0.2, 0) is 0 Å². The van der Waals surface area contributed by atoms with Crippen molar-refractivity contribution in [3.63, 3.8) is 0 Å². The van der Waals surface area contributed by atoms with E-state index in [1.54, 1.807) is 13.2 Å². The molecule has 0 aliphatic rings. The molecule has 2 aromatic carbocycles. The zero-order valence-corrected chi connectivity index (χ0v) is 10.1. The van der Waals surface area contributed by atoms with E-state index in [1.807, 2.05) is 19.1 Å². The molecule has 0 heterocycles. The topological polar surface area (TPSA) is 21.3 Å². The Morgan fingerprint density at radius 1 is 1.06 bits per heavy atom. The van der Waals surface area contributed by atoms with Gasteiger partial charge in [0, 0.05) is 11.8 Å². The van der Waals surface area contributed by atoms with Crippen LogP contribution in [0.25, 0.3) is 0 Å². The number of aryl methyl sites for hydroxylation is 1. The number of para-hydroxylation sites is 1. The van der Waals surface area contributed by atoms with Crippen molar-refractivity contribution in [2.45, 2.75) is 6.92 Å². The molecular weight excluding hydrogens is 236 g/mol. The predicted molar refractivity (Wildman–Crippen MR) is 67.4 cm³/mol. The third-order valence-electron chi connectivity index (χ3n) is 2.56. The van der Waals surface area contributed by atoms with Gasteiger partial charge < -0.3 is 10.1 Å². The van der Waals surface area contributed by atoms with Crippen molar-refractivity contribution in [3.8, 4) is 5.75 Å². The van der Waals surface area contributed by atoms with Crippen LogP contribution in [0, 0.1) is 18.6 Å². The van der Waals surface area contributed by atoms with Gasteiger partial charge in [-0.2, -0.15) is 0 Å². The van der Waals surface area contributed by atoms with Crippen LogP contribution in [0.2, 0.25) is 0 Å². The molecule has 0 saturated carbocycles. The van der Waals surface area contributed by atoms with Gasteiger partial charge in [-0.25, -0.2) is 8.78 Å². The zero-order chi connectivity index (χ0) is 13.1. The monoisotopic (exact) mass is 249 g/mol. The molecule has 0 unspecified atom stereocenters. The Morgan fingerprint density at radius 3 is 2.33 bits per heavy atom. The normalized spacial score (nSPS) is 10.2. The Bertz CT molecular complexity index is 549. The second kappa shape index (κ2) is 5.04. The van der Waals surface area contributed by atoms with Crippen molar-refractivity contribution in [1.82, 2.24) is 0 Å². The maximum Gasteiger partial charge on any atom is 0.145 e. The second-order valence-corrected chi connectivity index (χ2v) is 3.94. The van der Waals surface area contributed by atoms with Gasteiger partial charge in [-0.05, 0) is 30.7 Å². The van der Waals surface area contributed by atoms with Crippen LogP contribution in [0.4, 0.5) is 20.2 Å². The van der Waals surface area contributed by atoms with Crippen molar-refractivity contribution in [2.75, 3.05) is 12.4 Å². The van der Waals surface area contributed by atoms with E-state index < -0.39 is 11.6 Å². The van der Waals surface area contributed by atoms with Crippen LogP contribution < -0.4 is 10.1 Å². The minimum absolute atomic E-state index is 0.344. The fourth-order valence-corrected chi connectivity index (χ4v) is 1.80. The number of rotatable bonds is 3. The van der Waals surface area contributed by atoms with Crippen molar-refractivity contribution in [2.24, 2.45) is 0 Å². The zero-order valence-electron chi connectivity index (χ0n) is 10.1. The number of hydrogen-bond acceptors (Lipinski definition) is 2. The smallest absolute Gasteiger partial charge is 0.145 e. The van der Waals surface area contributed by atoms with Crippen LogP contribution in [-0.4, -0.2) is 7.11 Å². The van der Waals surface area contributed by atoms with E-state index in [1.165, 1.54) is 12.1 Å². The van der Waals surface area contributed by atoms with Gasteiger partial charge in [0.15, 0.2) is 0 Å². The molecule has 0 radical (unpaired) electrons. The molecule has 0 atom stereocenters. The van der Waals surface area contributed by atoms with E-state index in [9.17, 15) is 8.78 Å². The molecule has 0 spiro atoms. The lowest BCUT2D eigenvalue weighted by Crippen LogP contribution is -1.97. The van der Waals surface area contributed by atoms with Crippen molar-refractivity contribution in [1.29, 1.82) is 0 Å². The van der Waals surface area contributed by atoms with Gasteiger partial charge in [-0.3, -0.25) is 0 Å². The molecule has 4 heteroatoms. The summed E-state index contributed by atoms with van der Waals surface area (Å²) < 4.78 is 31.4. The fourth-order valence-electron chi connectivity index (χ4n) is 1.80. The predicted octanol–water partition coefficient (Wildman–Crippen LogP) is 4.03. The maximum absolute atomic E-state index is 13.1. The summed E-state index contributed by atoms with van der Waals surface area (Å²) >= 11 is 0. The molecule has 0 aliphatic carbocycles. The number of anilines is 2. The fraction of sp³-hybridized carbons (Fsp3) is 0.143. The highest BCUT2D eigenvalue weighted by Gasteiger charge is 2.07. The highest BCUT2D eigenvalue weighted by molar-refractivity contribution is 5.68. The lowest BCUT2D eigenvalue weighted by molar-refractivity contribution is 0.414. The lowest BCUT2D eigenvalue weighted by Gasteiger charge is -2.13. The minimum Gasteiger partial charge on any atom is -0.494 e. The van der Waals surface area contributed by atoms with Crippen molar-refractivity contribution in [3.05, 3.63) is 53.6 Å². The van der Waals surface area contributed by atoms with Crippen LogP contribution in [0.5, 0.6) is 5.75 Å². The first-order valence-electron chi connectivity index (χ1n) is 5.47. The minimum atomic E-state index is -0.621. The van der Waals surface area contributed by atoms with E-state index in [-0.39, 0.29) is 0 Å². The summed E-state index contributed by atoms with van der Waals surface area (Å²) in [6, 6.07) is 8.81. The number of methoxy groups -OCH3 is 1. The Kier molecular flexibility index (Phi) is 3.46. The molecule has 2 nitrogen and oxygen atoms in total. The van der Waals surface area contributed by atoms with Gasteiger partial charge in [0.05, 0.1) is 12.8 Å². The SMILES string of the molecule is COc1c(C)cccc1Nc1cc(F)cc(F)c1. The van der Waals surface area contributed by atoms with Crippen molar-refractivity contribution < 1.29 is 13.5 Å². The molecule has 0 bridgehead atoms. The highest BCUT2D eigenvalue weighted by Crippen LogP contribution is 2.30. The second-order valence-electron chi connectivity index (χ2n) is 3.94. The summed E-state index contributed by atoms with van der Waals surface area (Å²) in [5, 5.41) is 2.94. The van der Waals surface area contributed by atoms with Gasteiger partial charge in [0.25, 0.3) is 0 Å². The molecule has 0 fully saturated rings. The van der Waals surface area contributed by atoms with E-state index in [0.29, 0.717) is 17.1 Å². The molecule has 0 amide bonds. The first kappa shape index (κ1) is 12.4. The molecule has 94 valence electrons. The Labute approximate surface area is 104 Å². The Morgan fingerprint density at radius 2 is 1.72 bits per heavy atom. The van der Waals surface area contributed by atoms with Crippen LogP contribution in [0.3, 0.4) is 0 Å². The molecule has 18 heavy (non-hydrogen) atoms. The summed E-state index contributed by atoms with van der Waals surface area (Å²) in [6.45, 7) is 1.90. The Balaban J connectivity index is 2.36. The van der Waals surface area contributed by atoms with Gasteiger partial charge in [0.1, 0.15) is 17.4 Å². The maximum atomic E-state index is 13.1. The average Bonchev–Trinajstić information content (AvgIpc) is 2.27. The number of halogens is 2. The van der Waals surface area contributed by atoms with Crippen LogP contribution in [0.15, 0.2) is 36.4 Å². The summed E-state index contributed by atoms with van der Waals surface area (Å²) in [5.41, 5.74) is 1.96. The van der Waals surface area contributed by atoms with Crippen LogP contribution >= 0.6 is 0 Å². The summed E-state index contributed by atoms with van der Waals surface area (Å²) in [4.78, 5) is 0. The summed E-state index contributed by atoms with van der Waals surface area (Å²) in [5.74, 6) is -0.588. The molecule has 2 rings (SSSR count). The van der Waals surface area contributed by atoms with E-state index >= 15 is 0 Å². The number of ether oxygens (including phenoxy) is 1. The van der Waals surface area contributed by atoms with E-state index in [0.717, 1.165) is 11.6 Å². The summed E-state index contributed by atoms with van der Waals surface area (Å²) in [6.07, 6.45) is 0. The van der Waals surface area contributed by atoms with E-state index in [4.69, 9.17) is 4.74 Å². The third kappa shape index (κ3) is 2.59. The van der Waals surface area contributed by atoms with Gasteiger partial charge in [-0.15, -0.1) is 0 Å². The molecule has 0 aliphatic heterocycles. The van der Waals surface area contributed by atoms with Gasteiger partial charge in [0.2, 0.25) is 0 Å². The third-order valence-corrected chi connectivity index (χ3v) is 2.56. The Hall–Kier alpha value is -2.10. The summed E-state index contributed by atoms with van der Waals surface area (Å²) in [7, 11) is 1.56. The van der Waals surface area contributed by atoms with Crippen LogP contribution in [0.1, 0.15) is 5.56 Å². The molecule has 1 N–H and O–H groups in total. The van der Waals surface area contributed by atoms with Gasteiger partial charge >= 0.3 is 0 Å². The standard InChI is InChI=1S/C14H13F2NO/c1-9-4-3-5-13(14(9)18-2)17-12-7-10(15)6-11(16)8-12/h3-8,17H,1-2H3. The highest BCUT2D eigenvalue weighted by atomic mass is 19.1. The average molecular weight is 249 g/mol. The molecule has 0 aromatic heterocycles. The molecule has 0 saturated heterocycles. The largest absolute Gasteiger partial charge is 0.494 e.